The number of nitrogens with zero attached hydrogens (tertiary/aromatic N) is 1. The Bertz CT molecular complexity index is 454. The van der Waals surface area contributed by atoms with Crippen molar-refractivity contribution in [2.24, 2.45) is 0 Å². The van der Waals surface area contributed by atoms with Crippen LogP contribution < -0.4 is 10.5 Å². The Morgan fingerprint density at radius 1 is 1.36 bits per heavy atom. The van der Waals surface area contributed by atoms with Crippen LogP contribution in [-0.4, -0.2) is 11.6 Å². The number of benzene rings is 1. The zero-order chi connectivity index (χ0) is 9.97. The lowest BCUT2D eigenvalue weighted by Gasteiger charge is -2.07. The molecule has 0 atom stereocenters. The van der Waals surface area contributed by atoms with Gasteiger partial charge in [-0.1, -0.05) is 0 Å². The Hall–Kier alpha value is -1.77. The van der Waals surface area contributed by atoms with E-state index in [-0.39, 0.29) is 0 Å². The Labute approximate surface area is 82.5 Å². The molecule has 2 aromatic rings. The summed E-state index contributed by atoms with van der Waals surface area (Å²) < 4.78 is 5.46. The molecule has 1 heterocycles. The van der Waals surface area contributed by atoms with Crippen molar-refractivity contribution in [2.45, 2.75) is 6.92 Å². The molecule has 0 aliphatic rings. The van der Waals surface area contributed by atoms with E-state index in [0.717, 1.165) is 22.3 Å². The molecule has 0 spiro atoms. The van der Waals surface area contributed by atoms with E-state index in [4.69, 9.17) is 10.5 Å². The van der Waals surface area contributed by atoms with Gasteiger partial charge in [-0.25, -0.2) is 0 Å². The zero-order valence-corrected chi connectivity index (χ0v) is 8.03. The van der Waals surface area contributed by atoms with Gasteiger partial charge in [0.2, 0.25) is 0 Å². The van der Waals surface area contributed by atoms with Gasteiger partial charge in [-0.15, -0.1) is 0 Å². The minimum absolute atomic E-state index is 0.635. The second kappa shape index (κ2) is 3.54. The summed E-state index contributed by atoms with van der Waals surface area (Å²) >= 11 is 0. The fourth-order valence-electron chi connectivity index (χ4n) is 1.44. The predicted octanol–water partition coefficient (Wildman–Crippen LogP) is 2.22. The van der Waals surface area contributed by atoms with Crippen LogP contribution in [0.25, 0.3) is 10.9 Å². The first-order valence-electron chi connectivity index (χ1n) is 4.59. The minimum Gasteiger partial charge on any atom is -0.492 e. The van der Waals surface area contributed by atoms with Gasteiger partial charge in [-0.3, -0.25) is 4.98 Å². The van der Waals surface area contributed by atoms with Crippen LogP contribution in [-0.2, 0) is 0 Å². The lowest BCUT2D eigenvalue weighted by atomic mass is 10.2. The Kier molecular flexibility index (Phi) is 2.23. The van der Waals surface area contributed by atoms with Crippen molar-refractivity contribution >= 4 is 16.6 Å². The zero-order valence-electron chi connectivity index (χ0n) is 8.03. The molecule has 0 amide bonds. The van der Waals surface area contributed by atoms with E-state index >= 15 is 0 Å². The van der Waals surface area contributed by atoms with E-state index in [1.807, 2.05) is 31.2 Å². The fraction of sp³-hybridized carbons (Fsp3) is 0.182. The summed E-state index contributed by atoms with van der Waals surface area (Å²) in [6.45, 7) is 2.58. The summed E-state index contributed by atoms with van der Waals surface area (Å²) in [5.41, 5.74) is 7.39. The molecule has 0 aliphatic carbocycles. The van der Waals surface area contributed by atoms with Crippen LogP contribution in [0.2, 0.25) is 0 Å². The molecule has 1 aromatic heterocycles. The number of fused-ring (bicyclic) bond motifs is 1. The standard InChI is InChI=1S/C11H12N2O/c1-2-14-10-6-5-9(12)8-4-3-7-13-11(8)10/h3-7H,2,12H2,1H3. The number of aromatic nitrogens is 1. The highest BCUT2D eigenvalue weighted by molar-refractivity contribution is 5.94. The van der Waals surface area contributed by atoms with E-state index in [1.54, 1.807) is 6.20 Å². The molecule has 2 N–H and O–H groups in total. The summed E-state index contributed by atoms with van der Waals surface area (Å²) in [5.74, 6) is 0.789. The van der Waals surface area contributed by atoms with Gasteiger partial charge < -0.3 is 10.5 Å². The van der Waals surface area contributed by atoms with E-state index in [2.05, 4.69) is 4.98 Å². The lowest BCUT2D eigenvalue weighted by molar-refractivity contribution is 0.343. The fourth-order valence-corrected chi connectivity index (χ4v) is 1.44. The molecule has 14 heavy (non-hydrogen) atoms. The van der Waals surface area contributed by atoms with Crippen LogP contribution in [0.15, 0.2) is 30.5 Å². The normalized spacial score (nSPS) is 10.4. The maximum atomic E-state index is 5.83. The molecule has 3 heteroatoms. The van der Waals surface area contributed by atoms with Crippen molar-refractivity contribution in [3.05, 3.63) is 30.5 Å². The Morgan fingerprint density at radius 2 is 2.21 bits per heavy atom. The van der Waals surface area contributed by atoms with Crippen molar-refractivity contribution in [1.29, 1.82) is 0 Å². The van der Waals surface area contributed by atoms with Gasteiger partial charge in [-0.05, 0) is 31.2 Å². The second-order valence-corrected chi connectivity index (χ2v) is 2.99. The molecule has 0 radical (unpaired) electrons. The monoisotopic (exact) mass is 188 g/mol. The largest absolute Gasteiger partial charge is 0.492 e. The highest BCUT2D eigenvalue weighted by Gasteiger charge is 2.04. The van der Waals surface area contributed by atoms with E-state index in [0.29, 0.717) is 6.61 Å². The van der Waals surface area contributed by atoms with Crippen molar-refractivity contribution in [2.75, 3.05) is 12.3 Å². The summed E-state index contributed by atoms with van der Waals surface area (Å²) in [5, 5.41) is 0.943. The molecule has 0 unspecified atom stereocenters. The van der Waals surface area contributed by atoms with Gasteiger partial charge in [0.25, 0.3) is 0 Å². The number of nitrogen functional groups attached to an aromatic ring is 1. The van der Waals surface area contributed by atoms with Crippen molar-refractivity contribution in [3.63, 3.8) is 0 Å². The molecule has 0 saturated carbocycles. The molecule has 0 bridgehead atoms. The van der Waals surface area contributed by atoms with E-state index in [1.165, 1.54) is 0 Å². The molecule has 0 fully saturated rings. The molecule has 2 rings (SSSR count). The molecular formula is C11H12N2O. The maximum absolute atomic E-state index is 5.83. The highest BCUT2D eigenvalue weighted by atomic mass is 16.5. The minimum atomic E-state index is 0.635. The average Bonchev–Trinajstić information content (AvgIpc) is 2.23. The first kappa shape index (κ1) is 8.81. The molecule has 0 aliphatic heterocycles. The molecule has 3 nitrogen and oxygen atoms in total. The van der Waals surface area contributed by atoms with Crippen LogP contribution in [0.3, 0.4) is 0 Å². The SMILES string of the molecule is CCOc1ccc(N)c2cccnc12. The number of anilines is 1. The van der Waals surface area contributed by atoms with Gasteiger partial charge in [0.1, 0.15) is 11.3 Å². The van der Waals surface area contributed by atoms with Gasteiger partial charge in [0.15, 0.2) is 0 Å². The topological polar surface area (TPSA) is 48.1 Å². The van der Waals surface area contributed by atoms with Crippen LogP contribution in [0.4, 0.5) is 5.69 Å². The van der Waals surface area contributed by atoms with Crippen molar-refractivity contribution in [3.8, 4) is 5.75 Å². The number of rotatable bonds is 2. The smallest absolute Gasteiger partial charge is 0.145 e. The van der Waals surface area contributed by atoms with Gasteiger partial charge in [-0.2, -0.15) is 0 Å². The number of hydrogen-bond donors (Lipinski definition) is 1. The van der Waals surface area contributed by atoms with Crippen molar-refractivity contribution < 1.29 is 4.74 Å². The van der Waals surface area contributed by atoms with Gasteiger partial charge in [0, 0.05) is 17.3 Å². The maximum Gasteiger partial charge on any atom is 0.145 e. The van der Waals surface area contributed by atoms with Crippen LogP contribution >= 0.6 is 0 Å². The third-order valence-corrected chi connectivity index (χ3v) is 2.07. The second-order valence-electron chi connectivity index (χ2n) is 2.99. The third kappa shape index (κ3) is 1.37. The van der Waals surface area contributed by atoms with Crippen LogP contribution in [0, 0.1) is 0 Å². The predicted molar refractivity (Wildman–Crippen MR) is 57.3 cm³/mol. The summed E-state index contributed by atoms with van der Waals surface area (Å²) in [6, 6.07) is 7.51. The summed E-state index contributed by atoms with van der Waals surface area (Å²) in [6.07, 6.45) is 1.74. The Balaban J connectivity index is 2.68. The van der Waals surface area contributed by atoms with Gasteiger partial charge >= 0.3 is 0 Å². The molecule has 72 valence electrons. The first-order chi connectivity index (χ1) is 6.83. The number of hydrogen-bond acceptors (Lipinski definition) is 3. The first-order valence-corrected chi connectivity index (χ1v) is 4.59. The quantitative estimate of drug-likeness (QED) is 0.735. The molecule has 0 saturated heterocycles. The number of ether oxygens (including phenoxy) is 1. The number of nitrogens with two attached hydrogens (primary N) is 1. The van der Waals surface area contributed by atoms with E-state index < -0.39 is 0 Å². The molecule has 1 aromatic carbocycles. The summed E-state index contributed by atoms with van der Waals surface area (Å²) in [7, 11) is 0. The highest BCUT2D eigenvalue weighted by Crippen LogP contribution is 2.27. The van der Waals surface area contributed by atoms with Crippen molar-refractivity contribution in [1.82, 2.24) is 4.98 Å². The molecular weight excluding hydrogens is 176 g/mol. The van der Waals surface area contributed by atoms with Gasteiger partial charge in [0.05, 0.1) is 6.61 Å². The average molecular weight is 188 g/mol. The third-order valence-electron chi connectivity index (χ3n) is 2.07. The Morgan fingerprint density at radius 3 is 3.00 bits per heavy atom. The number of pyridine rings is 1. The van der Waals surface area contributed by atoms with Crippen LogP contribution in [0.5, 0.6) is 5.75 Å². The van der Waals surface area contributed by atoms with E-state index in [9.17, 15) is 0 Å². The lowest BCUT2D eigenvalue weighted by Crippen LogP contribution is -1.95. The van der Waals surface area contributed by atoms with Crippen LogP contribution in [0.1, 0.15) is 6.92 Å². The summed E-state index contributed by atoms with van der Waals surface area (Å²) in [4.78, 5) is 4.26.